The number of aryl methyl sites for hydroxylation is 3. The largest absolute Gasteiger partial charge is 0.478 e. The zero-order valence-electron chi connectivity index (χ0n) is 9.01. The standard InChI is InChI=1S/C12H13NO2/c1-6-4-5-9-7(2)8(3)13-11(9)10(6)12(14)15/h4-5,13H,1-3H3,(H,14,15). The van der Waals surface area contributed by atoms with Crippen LogP contribution in [0.3, 0.4) is 0 Å². The van der Waals surface area contributed by atoms with E-state index in [1.807, 2.05) is 32.9 Å². The number of hydrogen-bond acceptors (Lipinski definition) is 1. The highest BCUT2D eigenvalue weighted by Gasteiger charge is 2.15. The van der Waals surface area contributed by atoms with Crippen LogP contribution in [0.25, 0.3) is 10.9 Å². The number of carbonyl (C=O) groups is 1. The van der Waals surface area contributed by atoms with Crippen molar-refractivity contribution in [1.82, 2.24) is 4.98 Å². The lowest BCUT2D eigenvalue weighted by molar-refractivity contribution is 0.0698. The Balaban J connectivity index is 2.94. The lowest BCUT2D eigenvalue weighted by Gasteiger charge is -2.02. The molecular formula is C12H13NO2. The van der Waals surface area contributed by atoms with E-state index in [0.29, 0.717) is 5.56 Å². The molecule has 0 saturated carbocycles. The van der Waals surface area contributed by atoms with Gasteiger partial charge in [-0.1, -0.05) is 12.1 Å². The van der Waals surface area contributed by atoms with E-state index >= 15 is 0 Å². The third-order valence-electron chi connectivity index (χ3n) is 2.91. The summed E-state index contributed by atoms with van der Waals surface area (Å²) in [5, 5.41) is 10.1. The number of benzene rings is 1. The Hall–Kier alpha value is -1.77. The van der Waals surface area contributed by atoms with Gasteiger partial charge in [0.15, 0.2) is 0 Å². The third kappa shape index (κ3) is 1.31. The first-order valence-electron chi connectivity index (χ1n) is 4.84. The molecule has 0 spiro atoms. The highest BCUT2D eigenvalue weighted by Crippen LogP contribution is 2.26. The van der Waals surface area contributed by atoms with Crippen LogP contribution in [-0.2, 0) is 0 Å². The first-order valence-corrected chi connectivity index (χ1v) is 4.84. The Morgan fingerprint density at radius 2 is 1.93 bits per heavy atom. The van der Waals surface area contributed by atoms with Crippen molar-refractivity contribution >= 4 is 16.9 Å². The van der Waals surface area contributed by atoms with Crippen LogP contribution in [-0.4, -0.2) is 16.1 Å². The minimum absolute atomic E-state index is 0.378. The van der Waals surface area contributed by atoms with Gasteiger partial charge >= 0.3 is 5.97 Å². The van der Waals surface area contributed by atoms with Crippen LogP contribution >= 0.6 is 0 Å². The number of aromatic nitrogens is 1. The molecule has 15 heavy (non-hydrogen) atoms. The summed E-state index contributed by atoms with van der Waals surface area (Å²) >= 11 is 0. The second-order valence-electron chi connectivity index (χ2n) is 3.86. The molecule has 78 valence electrons. The molecule has 2 rings (SSSR count). The highest BCUT2D eigenvalue weighted by atomic mass is 16.4. The predicted octanol–water partition coefficient (Wildman–Crippen LogP) is 2.79. The van der Waals surface area contributed by atoms with Crippen molar-refractivity contribution in [2.24, 2.45) is 0 Å². The van der Waals surface area contributed by atoms with Gasteiger partial charge in [-0.15, -0.1) is 0 Å². The summed E-state index contributed by atoms with van der Waals surface area (Å²) in [4.78, 5) is 14.3. The van der Waals surface area contributed by atoms with Crippen LogP contribution in [0.5, 0.6) is 0 Å². The highest BCUT2D eigenvalue weighted by molar-refractivity contribution is 6.04. The van der Waals surface area contributed by atoms with Crippen LogP contribution in [0.4, 0.5) is 0 Å². The fourth-order valence-electron chi connectivity index (χ4n) is 1.91. The van der Waals surface area contributed by atoms with E-state index in [9.17, 15) is 4.79 Å². The van der Waals surface area contributed by atoms with Gasteiger partial charge in [-0.25, -0.2) is 4.79 Å². The number of nitrogens with one attached hydrogen (secondary N) is 1. The minimum atomic E-state index is -0.876. The molecule has 1 aromatic carbocycles. The maximum Gasteiger partial charge on any atom is 0.338 e. The van der Waals surface area contributed by atoms with Gasteiger partial charge in [-0.2, -0.15) is 0 Å². The number of carboxylic acid groups (broad SMARTS) is 1. The van der Waals surface area contributed by atoms with Crippen molar-refractivity contribution in [3.05, 3.63) is 34.5 Å². The third-order valence-corrected chi connectivity index (χ3v) is 2.91. The first kappa shape index (κ1) is 9.77. The molecule has 0 unspecified atom stereocenters. The Morgan fingerprint density at radius 1 is 1.27 bits per heavy atom. The summed E-state index contributed by atoms with van der Waals surface area (Å²) in [5.74, 6) is -0.876. The monoisotopic (exact) mass is 203 g/mol. The number of aromatic carboxylic acids is 1. The van der Waals surface area contributed by atoms with E-state index in [1.165, 1.54) is 0 Å². The Kier molecular flexibility index (Phi) is 2.03. The maximum atomic E-state index is 11.1. The van der Waals surface area contributed by atoms with Crippen molar-refractivity contribution in [2.45, 2.75) is 20.8 Å². The van der Waals surface area contributed by atoms with Crippen molar-refractivity contribution in [3.63, 3.8) is 0 Å². The van der Waals surface area contributed by atoms with Crippen molar-refractivity contribution in [1.29, 1.82) is 0 Å². The SMILES string of the molecule is Cc1ccc2c(C)c(C)[nH]c2c1C(=O)O. The second-order valence-corrected chi connectivity index (χ2v) is 3.86. The lowest BCUT2D eigenvalue weighted by atomic mass is 10.0. The average molecular weight is 203 g/mol. The normalized spacial score (nSPS) is 10.9. The minimum Gasteiger partial charge on any atom is -0.478 e. The molecule has 0 aliphatic rings. The second kappa shape index (κ2) is 3.12. The summed E-state index contributed by atoms with van der Waals surface area (Å²) in [6.45, 7) is 5.76. The van der Waals surface area contributed by atoms with Gasteiger partial charge in [0, 0.05) is 11.1 Å². The molecule has 3 heteroatoms. The van der Waals surface area contributed by atoms with Crippen LogP contribution in [0.2, 0.25) is 0 Å². The van der Waals surface area contributed by atoms with E-state index in [4.69, 9.17) is 5.11 Å². The van der Waals surface area contributed by atoms with Gasteiger partial charge in [0.1, 0.15) is 0 Å². The number of aromatic amines is 1. The van der Waals surface area contributed by atoms with Gasteiger partial charge in [-0.05, 0) is 31.9 Å². The van der Waals surface area contributed by atoms with E-state index in [-0.39, 0.29) is 0 Å². The zero-order valence-corrected chi connectivity index (χ0v) is 9.01. The summed E-state index contributed by atoms with van der Waals surface area (Å²) < 4.78 is 0. The summed E-state index contributed by atoms with van der Waals surface area (Å²) in [7, 11) is 0. The number of hydrogen-bond donors (Lipinski definition) is 2. The molecular weight excluding hydrogens is 190 g/mol. The van der Waals surface area contributed by atoms with E-state index in [1.54, 1.807) is 0 Å². The van der Waals surface area contributed by atoms with Crippen LogP contribution in [0.1, 0.15) is 27.2 Å². The molecule has 0 atom stereocenters. The van der Waals surface area contributed by atoms with Gasteiger partial charge in [-0.3, -0.25) is 0 Å². The fourth-order valence-corrected chi connectivity index (χ4v) is 1.91. The lowest BCUT2D eigenvalue weighted by Crippen LogP contribution is -2.00. The number of fused-ring (bicyclic) bond motifs is 1. The summed E-state index contributed by atoms with van der Waals surface area (Å²) in [5.41, 5.74) is 4.04. The van der Waals surface area contributed by atoms with Crippen LogP contribution in [0.15, 0.2) is 12.1 Å². The van der Waals surface area contributed by atoms with Gasteiger partial charge in [0.25, 0.3) is 0 Å². The predicted molar refractivity (Wildman–Crippen MR) is 59.5 cm³/mol. The molecule has 0 fully saturated rings. The molecule has 2 N–H and O–H groups in total. The fraction of sp³-hybridized carbons (Fsp3) is 0.250. The maximum absolute atomic E-state index is 11.1. The van der Waals surface area contributed by atoms with Crippen molar-refractivity contribution in [2.75, 3.05) is 0 Å². The number of carboxylic acids is 1. The van der Waals surface area contributed by atoms with E-state index in [0.717, 1.165) is 27.7 Å². The van der Waals surface area contributed by atoms with Crippen LogP contribution < -0.4 is 0 Å². The van der Waals surface area contributed by atoms with Gasteiger partial charge in [0.2, 0.25) is 0 Å². The summed E-state index contributed by atoms with van der Waals surface area (Å²) in [6, 6.07) is 3.82. The zero-order chi connectivity index (χ0) is 11.2. The Labute approximate surface area is 87.7 Å². The quantitative estimate of drug-likeness (QED) is 0.748. The molecule has 0 bridgehead atoms. The smallest absolute Gasteiger partial charge is 0.338 e. The topological polar surface area (TPSA) is 53.1 Å². The molecule has 0 aliphatic heterocycles. The molecule has 1 heterocycles. The number of H-pyrrole nitrogens is 1. The molecule has 3 nitrogen and oxygen atoms in total. The van der Waals surface area contributed by atoms with Gasteiger partial charge < -0.3 is 10.1 Å². The molecule has 0 aliphatic carbocycles. The molecule has 0 saturated heterocycles. The summed E-state index contributed by atoms with van der Waals surface area (Å²) in [6.07, 6.45) is 0. The van der Waals surface area contributed by atoms with Crippen molar-refractivity contribution < 1.29 is 9.90 Å². The van der Waals surface area contributed by atoms with Crippen molar-refractivity contribution in [3.8, 4) is 0 Å². The molecule has 0 amide bonds. The Bertz CT molecular complexity index is 552. The molecule has 0 radical (unpaired) electrons. The van der Waals surface area contributed by atoms with Crippen LogP contribution in [0, 0.1) is 20.8 Å². The molecule has 2 aromatic rings. The average Bonchev–Trinajstić information content (AvgIpc) is 2.42. The number of rotatable bonds is 1. The first-order chi connectivity index (χ1) is 7.02. The van der Waals surface area contributed by atoms with E-state index in [2.05, 4.69) is 4.98 Å². The van der Waals surface area contributed by atoms with Gasteiger partial charge in [0.05, 0.1) is 11.1 Å². The molecule has 1 aromatic heterocycles. The van der Waals surface area contributed by atoms with E-state index < -0.39 is 5.97 Å². The Morgan fingerprint density at radius 3 is 2.53 bits per heavy atom.